The molecule has 0 spiro atoms. The van der Waals surface area contributed by atoms with Crippen LogP contribution in [-0.4, -0.2) is 64.8 Å². The molecule has 2 fully saturated rings. The van der Waals surface area contributed by atoms with Gasteiger partial charge in [0, 0.05) is 19.3 Å². The molecule has 2 amide bonds. The smallest absolute Gasteiger partial charge is 0.270 e. The Labute approximate surface area is 153 Å². The number of piperidine rings is 1. The fourth-order valence-electron chi connectivity index (χ4n) is 3.65. The lowest BCUT2D eigenvalue weighted by Crippen LogP contribution is -2.51. The number of amides is 2. The maximum atomic E-state index is 12.4. The molecular weight excluding hydrogens is 334 g/mol. The number of carbonyl (C=O) groups excluding carboxylic acids is 2. The lowest BCUT2D eigenvalue weighted by Gasteiger charge is -2.37. The fourth-order valence-corrected chi connectivity index (χ4v) is 3.65. The van der Waals surface area contributed by atoms with E-state index in [9.17, 15) is 14.7 Å². The molecule has 142 valence electrons. The van der Waals surface area contributed by atoms with Gasteiger partial charge in [0.15, 0.2) is 0 Å². The lowest BCUT2D eigenvalue weighted by atomic mass is 9.96. The minimum absolute atomic E-state index is 0.127. The summed E-state index contributed by atoms with van der Waals surface area (Å²) in [7, 11) is 0. The van der Waals surface area contributed by atoms with Gasteiger partial charge in [-0.2, -0.15) is 0 Å². The van der Waals surface area contributed by atoms with Crippen LogP contribution in [-0.2, 0) is 9.53 Å². The molecule has 7 nitrogen and oxygen atoms in total. The number of carbonyl (C=O) groups is 2. The number of aliphatic hydroxyl groups is 1. The van der Waals surface area contributed by atoms with Crippen molar-refractivity contribution in [2.75, 3.05) is 19.7 Å². The van der Waals surface area contributed by atoms with Gasteiger partial charge in [0.2, 0.25) is 5.91 Å². The number of likely N-dealkylation sites (tertiary alicyclic amines) is 1. The number of hydrogen-bond acceptors (Lipinski definition) is 5. The zero-order valence-corrected chi connectivity index (χ0v) is 15.0. The van der Waals surface area contributed by atoms with Crippen LogP contribution in [0.2, 0.25) is 0 Å². The molecule has 2 saturated heterocycles. The minimum atomic E-state index is -0.504. The average Bonchev–Trinajstić information content (AvgIpc) is 2.70. The second-order valence-electron chi connectivity index (χ2n) is 7.00. The highest BCUT2D eigenvalue weighted by Gasteiger charge is 2.34. The molecule has 2 aliphatic heterocycles. The third kappa shape index (κ3) is 4.80. The van der Waals surface area contributed by atoms with Crippen molar-refractivity contribution in [1.82, 2.24) is 15.2 Å². The van der Waals surface area contributed by atoms with Crippen LogP contribution < -0.4 is 5.32 Å². The predicted molar refractivity (Wildman–Crippen MR) is 95.5 cm³/mol. The van der Waals surface area contributed by atoms with Gasteiger partial charge in [-0.1, -0.05) is 6.07 Å². The van der Waals surface area contributed by atoms with E-state index in [1.165, 1.54) is 6.42 Å². The normalized spacial score (nSPS) is 26.3. The number of nitrogens with one attached hydrogen (secondary N) is 1. The first-order valence-corrected chi connectivity index (χ1v) is 9.43. The van der Waals surface area contributed by atoms with Crippen molar-refractivity contribution in [1.29, 1.82) is 0 Å². The van der Waals surface area contributed by atoms with Gasteiger partial charge in [0.25, 0.3) is 5.91 Å². The number of aromatic nitrogens is 1. The van der Waals surface area contributed by atoms with E-state index < -0.39 is 6.10 Å². The van der Waals surface area contributed by atoms with Crippen molar-refractivity contribution in [3.63, 3.8) is 0 Å². The second-order valence-corrected chi connectivity index (χ2v) is 7.00. The zero-order chi connectivity index (χ0) is 18.4. The van der Waals surface area contributed by atoms with Crippen LogP contribution in [0.3, 0.4) is 0 Å². The molecule has 0 aliphatic carbocycles. The molecule has 3 rings (SSSR count). The Hall–Kier alpha value is -1.99. The van der Waals surface area contributed by atoms with E-state index >= 15 is 0 Å². The van der Waals surface area contributed by atoms with Gasteiger partial charge >= 0.3 is 0 Å². The molecule has 0 aromatic carbocycles. The monoisotopic (exact) mass is 361 g/mol. The van der Waals surface area contributed by atoms with Crippen LogP contribution in [0.4, 0.5) is 0 Å². The molecule has 3 atom stereocenters. The Morgan fingerprint density at radius 1 is 1.23 bits per heavy atom. The molecule has 0 saturated carbocycles. The summed E-state index contributed by atoms with van der Waals surface area (Å²) in [4.78, 5) is 30.6. The summed E-state index contributed by atoms with van der Waals surface area (Å²) in [6, 6.07) is 4.87. The SMILES string of the molecule is O=C(N[C@H]1CC[C@H](CC(=O)N2CCCCC2)O[C@@H]1CO)c1ccccn1. The fraction of sp³-hybridized carbons (Fsp3) is 0.632. The molecule has 1 aromatic heterocycles. The topological polar surface area (TPSA) is 91.8 Å². The molecule has 7 heteroatoms. The van der Waals surface area contributed by atoms with Crippen molar-refractivity contribution < 1.29 is 19.4 Å². The van der Waals surface area contributed by atoms with Crippen LogP contribution in [0, 0.1) is 0 Å². The van der Waals surface area contributed by atoms with Gasteiger partial charge in [-0.25, -0.2) is 0 Å². The van der Waals surface area contributed by atoms with Crippen molar-refractivity contribution in [2.45, 2.75) is 56.8 Å². The molecule has 3 heterocycles. The van der Waals surface area contributed by atoms with E-state index in [1.807, 2.05) is 4.90 Å². The molecule has 2 aliphatic rings. The average molecular weight is 361 g/mol. The first-order chi connectivity index (χ1) is 12.7. The van der Waals surface area contributed by atoms with Crippen LogP contribution >= 0.6 is 0 Å². The summed E-state index contributed by atoms with van der Waals surface area (Å²) in [5.74, 6) is -0.150. The summed E-state index contributed by atoms with van der Waals surface area (Å²) < 4.78 is 5.91. The summed E-state index contributed by atoms with van der Waals surface area (Å²) in [5, 5.41) is 12.5. The van der Waals surface area contributed by atoms with Gasteiger partial charge in [0.05, 0.1) is 25.2 Å². The van der Waals surface area contributed by atoms with Gasteiger partial charge < -0.3 is 20.1 Å². The van der Waals surface area contributed by atoms with Gasteiger partial charge in [-0.05, 0) is 44.2 Å². The number of ether oxygens (including phenoxy) is 1. The third-order valence-corrected chi connectivity index (χ3v) is 5.12. The Morgan fingerprint density at radius 2 is 2.04 bits per heavy atom. The molecule has 1 aromatic rings. The quantitative estimate of drug-likeness (QED) is 0.820. The zero-order valence-electron chi connectivity index (χ0n) is 15.0. The van der Waals surface area contributed by atoms with Crippen LogP contribution in [0.15, 0.2) is 24.4 Å². The summed E-state index contributed by atoms with van der Waals surface area (Å²) in [5.41, 5.74) is 0.339. The highest BCUT2D eigenvalue weighted by molar-refractivity contribution is 5.92. The first-order valence-electron chi connectivity index (χ1n) is 9.43. The lowest BCUT2D eigenvalue weighted by molar-refractivity contribution is -0.141. The number of rotatable bonds is 5. The van der Waals surface area contributed by atoms with Crippen LogP contribution in [0.25, 0.3) is 0 Å². The molecule has 0 radical (unpaired) electrons. The summed E-state index contributed by atoms with van der Waals surface area (Å²) >= 11 is 0. The maximum Gasteiger partial charge on any atom is 0.270 e. The van der Waals surface area contributed by atoms with E-state index in [-0.39, 0.29) is 30.6 Å². The van der Waals surface area contributed by atoms with Crippen LogP contribution in [0.5, 0.6) is 0 Å². The van der Waals surface area contributed by atoms with Gasteiger partial charge in [-0.15, -0.1) is 0 Å². The van der Waals surface area contributed by atoms with Crippen LogP contribution in [0.1, 0.15) is 49.0 Å². The number of pyridine rings is 1. The number of nitrogens with zero attached hydrogens (tertiary/aromatic N) is 2. The number of hydrogen-bond donors (Lipinski definition) is 2. The molecule has 26 heavy (non-hydrogen) atoms. The highest BCUT2D eigenvalue weighted by atomic mass is 16.5. The molecule has 0 bridgehead atoms. The third-order valence-electron chi connectivity index (χ3n) is 5.12. The van der Waals surface area contributed by atoms with E-state index in [1.54, 1.807) is 24.4 Å². The van der Waals surface area contributed by atoms with Gasteiger partial charge in [0.1, 0.15) is 11.8 Å². The molecule has 2 N–H and O–H groups in total. The Kier molecular flexibility index (Phi) is 6.57. The first kappa shape index (κ1) is 18.8. The molecular formula is C19H27N3O4. The highest BCUT2D eigenvalue weighted by Crippen LogP contribution is 2.23. The van der Waals surface area contributed by atoms with Gasteiger partial charge in [-0.3, -0.25) is 14.6 Å². The Balaban J connectivity index is 1.51. The van der Waals surface area contributed by atoms with Crippen molar-refractivity contribution in [3.8, 4) is 0 Å². The van der Waals surface area contributed by atoms with Crippen molar-refractivity contribution >= 4 is 11.8 Å². The molecule has 0 unspecified atom stereocenters. The second kappa shape index (κ2) is 9.09. The summed E-state index contributed by atoms with van der Waals surface area (Å²) in [6.07, 6.45) is 5.88. The van der Waals surface area contributed by atoms with E-state index in [0.29, 0.717) is 25.0 Å². The van der Waals surface area contributed by atoms with E-state index in [0.717, 1.165) is 25.9 Å². The standard InChI is InChI=1S/C19H27N3O4/c23-13-17-15(21-19(25)16-6-2-3-9-20-16)8-7-14(26-17)12-18(24)22-10-4-1-5-11-22/h2-3,6,9,14-15,17,23H,1,4-5,7-8,10-13H2,(H,21,25)/t14-,15+,17-/m1/s1. The Morgan fingerprint density at radius 3 is 2.73 bits per heavy atom. The van der Waals surface area contributed by atoms with E-state index in [2.05, 4.69) is 10.3 Å². The maximum absolute atomic E-state index is 12.4. The summed E-state index contributed by atoms with van der Waals surface area (Å²) in [6.45, 7) is 1.47. The Bertz CT molecular complexity index is 604. The number of aliphatic hydroxyl groups excluding tert-OH is 1. The minimum Gasteiger partial charge on any atom is -0.394 e. The van der Waals surface area contributed by atoms with Crippen molar-refractivity contribution in [2.24, 2.45) is 0 Å². The predicted octanol–water partition coefficient (Wildman–Crippen LogP) is 1.12. The van der Waals surface area contributed by atoms with E-state index in [4.69, 9.17) is 4.74 Å². The largest absolute Gasteiger partial charge is 0.394 e. The van der Waals surface area contributed by atoms with Crippen molar-refractivity contribution in [3.05, 3.63) is 30.1 Å².